The first-order chi connectivity index (χ1) is 44.1. The molecule has 0 amide bonds. The first kappa shape index (κ1) is 51.5. The van der Waals surface area contributed by atoms with Gasteiger partial charge in [-0.3, -0.25) is 19.4 Å². The summed E-state index contributed by atoms with van der Waals surface area (Å²) < 4.78 is 2.27. The van der Waals surface area contributed by atoms with Crippen LogP contribution >= 0.6 is 0 Å². The van der Waals surface area contributed by atoms with E-state index < -0.39 is 0 Å². The number of fused-ring (bicyclic) bond motifs is 10. The van der Waals surface area contributed by atoms with Gasteiger partial charge < -0.3 is 0 Å². The third-order valence-corrected chi connectivity index (χ3v) is 17.8. The van der Waals surface area contributed by atoms with Crippen molar-refractivity contribution in [2.24, 2.45) is 0 Å². The zero-order valence-electron chi connectivity index (χ0n) is 48.3. The van der Waals surface area contributed by atoms with Gasteiger partial charge in [0.15, 0.2) is 0 Å². The number of nitrogens with zero attached hydrogens (tertiary/aromatic N) is 5. The standard InChI is InChI=1S/C84H53N5/c1-3-20-54(21-4-1)76-52-86-81(72-32-15-13-30-70(72)76)58-41-37-56(38-42-58)64-24-7-10-27-67(64)61-48-62(68-28-11-8-25-65(68)57-39-43-59(44-40-57)82-73-33-16-14-31-71(73)77(53-87-82)55-22-5-2-6-23-55)50-63(49-61)69-29-12-9-26-66(69)60-45-46-74-75(51-60)84-88-78-34-17-18-35-79(78)89(84)80-36-19-47-85-83(74)80/h1-53H. The lowest BCUT2D eigenvalue weighted by Gasteiger charge is -2.18. The Hall–Kier alpha value is -11.9. The fourth-order valence-corrected chi connectivity index (χ4v) is 13.5. The minimum absolute atomic E-state index is 0.913. The molecule has 17 aromatic rings. The molecule has 0 aliphatic rings. The lowest BCUT2D eigenvalue weighted by atomic mass is 9.86. The molecule has 5 heterocycles. The first-order valence-corrected chi connectivity index (χ1v) is 30.2. The van der Waals surface area contributed by atoms with Crippen molar-refractivity contribution in [1.29, 1.82) is 0 Å². The van der Waals surface area contributed by atoms with Gasteiger partial charge in [0.1, 0.15) is 5.65 Å². The number of imidazole rings is 1. The van der Waals surface area contributed by atoms with Crippen LogP contribution in [0.5, 0.6) is 0 Å². The summed E-state index contributed by atoms with van der Waals surface area (Å²) in [6.45, 7) is 0. The van der Waals surface area contributed by atoms with E-state index in [1.54, 1.807) is 0 Å². The van der Waals surface area contributed by atoms with Crippen molar-refractivity contribution in [1.82, 2.24) is 24.3 Å². The highest BCUT2D eigenvalue weighted by Crippen LogP contribution is 2.45. The number of pyridine rings is 4. The quantitative estimate of drug-likeness (QED) is 0.128. The minimum Gasteiger partial charge on any atom is -0.290 e. The van der Waals surface area contributed by atoms with E-state index in [2.05, 4.69) is 302 Å². The summed E-state index contributed by atoms with van der Waals surface area (Å²) in [4.78, 5) is 20.5. The Balaban J connectivity index is 0.809. The number of para-hydroxylation sites is 2. The predicted octanol–water partition coefficient (Wildman–Crippen LogP) is 22.0. The van der Waals surface area contributed by atoms with E-state index in [0.717, 1.165) is 161 Å². The third kappa shape index (κ3) is 8.94. The zero-order chi connectivity index (χ0) is 58.8. The normalized spacial score (nSPS) is 11.6. The van der Waals surface area contributed by atoms with Gasteiger partial charge in [0, 0.05) is 62.4 Å². The first-order valence-electron chi connectivity index (χ1n) is 30.2. The summed E-state index contributed by atoms with van der Waals surface area (Å²) in [5, 5.41) is 6.73. The van der Waals surface area contributed by atoms with Gasteiger partial charge in [-0.25, -0.2) is 4.98 Å². The van der Waals surface area contributed by atoms with E-state index in [9.17, 15) is 0 Å². The van der Waals surface area contributed by atoms with Crippen LogP contribution in [0.2, 0.25) is 0 Å². The summed E-state index contributed by atoms with van der Waals surface area (Å²) in [6, 6.07) is 109. The Bertz CT molecular complexity index is 5370. The highest BCUT2D eigenvalue weighted by molar-refractivity contribution is 6.14. The number of hydrogen-bond donors (Lipinski definition) is 0. The van der Waals surface area contributed by atoms with Crippen LogP contribution in [0.1, 0.15) is 0 Å². The van der Waals surface area contributed by atoms with Crippen LogP contribution in [0.15, 0.2) is 322 Å². The smallest absolute Gasteiger partial charge is 0.146 e. The van der Waals surface area contributed by atoms with Crippen LogP contribution in [0.25, 0.3) is 172 Å². The van der Waals surface area contributed by atoms with E-state index in [0.29, 0.717) is 0 Å². The minimum atomic E-state index is 0.913. The topological polar surface area (TPSA) is 56.0 Å². The fraction of sp³-hybridized carbons (Fsp3) is 0. The second kappa shape index (κ2) is 21.5. The molecule has 0 unspecified atom stereocenters. The van der Waals surface area contributed by atoms with Gasteiger partial charge in [-0.2, -0.15) is 0 Å². The van der Waals surface area contributed by atoms with E-state index in [4.69, 9.17) is 19.9 Å². The second-order valence-electron chi connectivity index (χ2n) is 22.8. The highest BCUT2D eigenvalue weighted by atomic mass is 15.0. The number of hydrogen-bond acceptors (Lipinski definition) is 4. The molecule has 0 atom stereocenters. The maximum Gasteiger partial charge on any atom is 0.146 e. The van der Waals surface area contributed by atoms with Gasteiger partial charge in [0.25, 0.3) is 0 Å². The van der Waals surface area contributed by atoms with Crippen molar-refractivity contribution >= 4 is 60.0 Å². The van der Waals surface area contributed by atoms with Crippen molar-refractivity contribution in [3.8, 4) is 112 Å². The Morgan fingerprint density at radius 1 is 0.225 bits per heavy atom. The molecular formula is C84H53N5. The van der Waals surface area contributed by atoms with E-state index >= 15 is 0 Å². The molecule has 0 N–H and O–H groups in total. The summed E-state index contributed by atoms with van der Waals surface area (Å²) >= 11 is 0. The maximum absolute atomic E-state index is 5.29. The highest BCUT2D eigenvalue weighted by Gasteiger charge is 2.21. The average Bonchev–Trinajstić information content (AvgIpc) is 1.83. The fourth-order valence-electron chi connectivity index (χ4n) is 13.5. The molecule has 5 nitrogen and oxygen atoms in total. The van der Waals surface area contributed by atoms with Crippen molar-refractivity contribution in [2.75, 3.05) is 0 Å². The lowest BCUT2D eigenvalue weighted by Crippen LogP contribution is -1.94. The molecule has 0 saturated carbocycles. The van der Waals surface area contributed by atoms with E-state index in [-0.39, 0.29) is 0 Å². The van der Waals surface area contributed by atoms with Gasteiger partial charge >= 0.3 is 0 Å². The molecule has 5 heteroatoms. The van der Waals surface area contributed by atoms with Crippen LogP contribution in [0.3, 0.4) is 0 Å². The Kier molecular flexibility index (Phi) is 12.5. The Morgan fingerprint density at radius 2 is 0.607 bits per heavy atom. The summed E-state index contributed by atoms with van der Waals surface area (Å²) in [6.07, 6.45) is 5.93. The van der Waals surface area contributed by atoms with Crippen molar-refractivity contribution in [2.45, 2.75) is 0 Å². The van der Waals surface area contributed by atoms with Crippen LogP contribution < -0.4 is 0 Å². The maximum atomic E-state index is 5.29. The van der Waals surface area contributed by atoms with E-state index in [1.165, 1.54) is 10.8 Å². The molecule has 0 aliphatic heterocycles. The van der Waals surface area contributed by atoms with Crippen LogP contribution in [-0.2, 0) is 0 Å². The van der Waals surface area contributed by atoms with Crippen molar-refractivity contribution in [3.63, 3.8) is 0 Å². The summed E-state index contributed by atoms with van der Waals surface area (Å²) in [5.74, 6) is 0. The lowest BCUT2D eigenvalue weighted by molar-refractivity contribution is 1.29. The molecule has 0 fully saturated rings. The molecule has 12 aromatic carbocycles. The van der Waals surface area contributed by atoms with Gasteiger partial charge in [0.2, 0.25) is 0 Å². The monoisotopic (exact) mass is 1130 g/mol. The largest absolute Gasteiger partial charge is 0.290 e. The number of rotatable bonds is 10. The number of aromatic nitrogens is 5. The van der Waals surface area contributed by atoms with Gasteiger partial charge in [-0.15, -0.1) is 0 Å². The van der Waals surface area contributed by atoms with Gasteiger partial charge in [-0.1, -0.05) is 255 Å². The SMILES string of the molecule is c1ccc(-c2cnc(-c3ccc(-c4ccccc4-c4cc(-c5ccccc5-c5ccc(-c6ncc(-c7ccccc7)c7ccccc67)cc5)cc(-c5ccccc5-c5ccc6c(c5)c5nc7ccccc7n5c5cccnc65)c4)cc3)c3ccccc23)cc1. The van der Waals surface area contributed by atoms with Crippen molar-refractivity contribution < 1.29 is 0 Å². The predicted molar refractivity (Wildman–Crippen MR) is 370 cm³/mol. The van der Waals surface area contributed by atoms with E-state index in [1.807, 2.05) is 24.7 Å². The molecule has 0 bridgehead atoms. The molecule has 5 aromatic heterocycles. The average molecular weight is 1130 g/mol. The third-order valence-electron chi connectivity index (χ3n) is 17.8. The van der Waals surface area contributed by atoms with Crippen LogP contribution in [0.4, 0.5) is 0 Å². The molecule has 0 radical (unpaired) electrons. The molecule has 0 spiro atoms. The van der Waals surface area contributed by atoms with Crippen LogP contribution in [0, 0.1) is 0 Å². The summed E-state index contributed by atoms with van der Waals surface area (Å²) in [7, 11) is 0. The molecule has 0 saturated heterocycles. The second-order valence-corrected chi connectivity index (χ2v) is 22.8. The van der Waals surface area contributed by atoms with Gasteiger partial charge in [-0.05, 0) is 137 Å². The summed E-state index contributed by atoms with van der Waals surface area (Å²) in [5.41, 5.74) is 27.0. The number of benzene rings is 12. The molecule has 0 aliphatic carbocycles. The Labute approximate surface area is 514 Å². The van der Waals surface area contributed by atoms with Gasteiger partial charge in [0.05, 0.1) is 33.5 Å². The Morgan fingerprint density at radius 3 is 1.11 bits per heavy atom. The van der Waals surface area contributed by atoms with Crippen molar-refractivity contribution in [3.05, 3.63) is 322 Å². The molecule has 414 valence electrons. The molecule has 89 heavy (non-hydrogen) atoms. The molecular weight excluding hydrogens is 1080 g/mol. The van der Waals surface area contributed by atoms with Crippen LogP contribution in [-0.4, -0.2) is 24.3 Å². The molecule has 17 rings (SSSR count). The zero-order valence-corrected chi connectivity index (χ0v) is 48.3.